The molecule has 0 aliphatic heterocycles. The Kier molecular flexibility index (Phi) is 3.70. The Hall–Kier alpha value is -1.10. The standard InChI is InChI=1S/C8H13NO4/c10-7(9-6-1-2-6)3-4-13-5-8(11)12/h6H,1-5H2,(H,9,10)(H,11,12). The maximum atomic E-state index is 11.0. The molecule has 1 amide bonds. The number of carboxylic acids is 1. The lowest BCUT2D eigenvalue weighted by Crippen LogP contribution is -2.26. The van der Waals surface area contributed by atoms with Gasteiger partial charge < -0.3 is 15.2 Å². The van der Waals surface area contributed by atoms with Crippen molar-refractivity contribution in [1.82, 2.24) is 5.32 Å². The molecule has 5 heteroatoms. The minimum Gasteiger partial charge on any atom is -0.480 e. The molecule has 1 saturated carbocycles. The van der Waals surface area contributed by atoms with Crippen molar-refractivity contribution in [1.29, 1.82) is 0 Å². The highest BCUT2D eigenvalue weighted by molar-refractivity contribution is 5.76. The van der Waals surface area contributed by atoms with Gasteiger partial charge in [-0.25, -0.2) is 4.79 Å². The van der Waals surface area contributed by atoms with Gasteiger partial charge in [0.1, 0.15) is 6.61 Å². The number of aliphatic carboxylic acids is 1. The van der Waals surface area contributed by atoms with E-state index in [1.807, 2.05) is 0 Å². The van der Waals surface area contributed by atoms with Crippen LogP contribution in [-0.2, 0) is 14.3 Å². The predicted octanol–water partition coefficient (Wildman–Crippen LogP) is -0.244. The van der Waals surface area contributed by atoms with Crippen LogP contribution in [0, 0.1) is 0 Å². The van der Waals surface area contributed by atoms with Crippen LogP contribution in [0.1, 0.15) is 19.3 Å². The number of rotatable bonds is 6. The van der Waals surface area contributed by atoms with E-state index in [-0.39, 0.29) is 25.5 Å². The second kappa shape index (κ2) is 4.81. The van der Waals surface area contributed by atoms with Gasteiger partial charge in [0.2, 0.25) is 5.91 Å². The largest absolute Gasteiger partial charge is 0.480 e. The number of ether oxygens (including phenoxy) is 1. The van der Waals surface area contributed by atoms with E-state index in [4.69, 9.17) is 9.84 Å². The molecule has 0 heterocycles. The van der Waals surface area contributed by atoms with Crippen LogP contribution in [-0.4, -0.2) is 36.2 Å². The summed E-state index contributed by atoms with van der Waals surface area (Å²) in [7, 11) is 0. The molecule has 1 fully saturated rings. The van der Waals surface area contributed by atoms with Crippen LogP contribution in [0.4, 0.5) is 0 Å². The molecule has 0 saturated heterocycles. The van der Waals surface area contributed by atoms with Gasteiger partial charge in [-0.05, 0) is 12.8 Å². The smallest absolute Gasteiger partial charge is 0.329 e. The van der Waals surface area contributed by atoms with Crippen LogP contribution < -0.4 is 5.32 Å². The van der Waals surface area contributed by atoms with Gasteiger partial charge >= 0.3 is 5.97 Å². The molecular weight excluding hydrogens is 174 g/mol. The fourth-order valence-corrected chi connectivity index (χ4v) is 0.852. The zero-order chi connectivity index (χ0) is 9.68. The van der Waals surface area contributed by atoms with E-state index in [2.05, 4.69) is 5.32 Å². The van der Waals surface area contributed by atoms with Gasteiger partial charge in [0.15, 0.2) is 0 Å². The Morgan fingerprint density at radius 3 is 2.69 bits per heavy atom. The third kappa shape index (κ3) is 5.19. The zero-order valence-electron chi connectivity index (χ0n) is 7.28. The average molecular weight is 187 g/mol. The first-order valence-electron chi connectivity index (χ1n) is 4.27. The highest BCUT2D eigenvalue weighted by Crippen LogP contribution is 2.18. The number of carbonyl (C=O) groups is 2. The maximum Gasteiger partial charge on any atom is 0.329 e. The van der Waals surface area contributed by atoms with Gasteiger partial charge in [0.25, 0.3) is 0 Å². The molecule has 0 spiro atoms. The van der Waals surface area contributed by atoms with Gasteiger partial charge in [-0.1, -0.05) is 0 Å². The molecule has 74 valence electrons. The van der Waals surface area contributed by atoms with E-state index in [1.54, 1.807) is 0 Å². The lowest BCUT2D eigenvalue weighted by atomic mass is 10.4. The molecule has 13 heavy (non-hydrogen) atoms. The summed E-state index contributed by atoms with van der Waals surface area (Å²) in [4.78, 5) is 21.0. The highest BCUT2D eigenvalue weighted by atomic mass is 16.5. The first-order valence-corrected chi connectivity index (χ1v) is 4.27. The van der Waals surface area contributed by atoms with Crippen LogP contribution in [0.5, 0.6) is 0 Å². The number of hydrogen-bond acceptors (Lipinski definition) is 3. The Labute approximate surface area is 76.1 Å². The maximum absolute atomic E-state index is 11.0. The van der Waals surface area contributed by atoms with Crippen LogP contribution in [0.15, 0.2) is 0 Å². The first-order chi connectivity index (χ1) is 6.18. The van der Waals surface area contributed by atoms with Crippen molar-refractivity contribution in [2.75, 3.05) is 13.2 Å². The molecule has 0 unspecified atom stereocenters. The van der Waals surface area contributed by atoms with Crippen molar-refractivity contribution in [3.63, 3.8) is 0 Å². The third-order valence-corrected chi connectivity index (χ3v) is 1.64. The predicted molar refractivity (Wildman–Crippen MR) is 44.2 cm³/mol. The minimum atomic E-state index is -1.01. The summed E-state index contributed by atoms with van der Waals surface area (Å²) in [5.74, 6) is -1.07. The number of carbonyl (C=O) groups excluding carboxylic acids is 1. The zero-order valence-corrected chi connectivity index (χ0v) is 7.28. The summed E-state index contributed by atoms with van der Waals surface area (Å²) in [6, 6.07) is 0.354. The van der Waals surface area contributed by atoms with Crippen LogP contribution in [0.25, 0.3) is 0 Å². The van der Waals surface area contributed by atoms with E-state index < -0.39 is 5.97 Å². The normalized spacial score (nSPS) is 15.4. The summed E-state index contributed by atoms with van der Waals surface area (Å²) >= 11 is 0. The second-order valence-electron chi connectivity index (χ2n) is 3.04. The van der Waals surface area contributed by atoms with Crippen molar-refractivity contribution in [3.8, 4) is 0 Å². The fraction of sp³-hybridized carbons (Fsp3) is 0.750. The quantitative estimate of drug-likeness (QED) is 0.562. The van der Waals surface area contributed by atoms with E-state index in [0.717, 1.165) is 12.8 Å². The molecule has 2 N–H and O–H groups in total. The SMILES string of the molecule is O=C(O)COCCC(=O)NC1CC1. The molecular formula is C8H13NO4. The summed E-state index contributed by atoms with van der Waals surface area (Å²) in [5.41, 5.74) is 0. The van der Waals surface area contributed by atoms with Crippen LogP contribution >= 0.6 is 0 Å². The lowest BCUT2D eigenvalue weighted by Gasteiger charge is -2.02. The fourth-order valence-electron chi connectivity index (χ4n) is 0.852. The van der Waals surface area contributed by atoms with E-state index in [1.165, 1.54) is 0 Å². The van der Waals surface area contributed by atoms with E-state index in [9.17, 15) is 9.59 Å². The molecule has 0 aromatic carbocycles. The van der Waals surface area contributed by atoms with Crippen molar-refractivity contribution in [2.45, 2.75) is 25.3 Å². The van der Waals surface area contributed by atoms with Gasteiger partial charge in [-0.3, -0.25) is 4.79 Å². The van der Waals surface area contributed by atoms with Crippen molar-refractivity contribution in [3.05, 3.63) is 0 Å². The number of carboxylic acid groups (broad SMARTS) is 1. The molecule has 0 atom stereocenters. The Bertz CT molecular complexity index is 200. The monoisotopic (exact) mass is 187 g/mol. The van der Waals surface area contributed by atoms with Gasteiger partial charge in [-0.15, -0.1) is 0 Å². The number of nitrogens with one attached hydrogen (secondary N) is 1. The van der Waals surface area contributed by atoms with Gasteiger partial charge in [-0.2, -0.15) is 0 Å². The molecule has 1 aliphatic carbocycles. The van der Waals surface area contributed by atoms with E-state index >= 15 is 0 Å². The summed E-state index contributed by atoms with van der Waals surface area (Å²) < 4.78 is 4.71. The summed E-state index contributed by atoms with van der Waals surface area (Å²) in [5, 5.41) is 11.0. The molecule has 0 bridgehead atoms. The lowest BCUT2D eigenvalue weighted by molar-refractivity contribution is -0.143. The highest BCUT2D eigenvalue weighted by Gasteiger charge is 2.22. The third-order valence-electron chi connectivity index (χ3n) is 1.64. The molecule has 1 rings (SSSR count). The Morgan fingerprint density at radius 1 is 1.46 bits per heavy atom. The van der Waals surface area contributed by atoms with Crippen molar-refractivity contribution in [2.24, 2.45) is 0 Å². The molecule has 0 radical (unpaired) electrons. The molecule has 0 aromatic rings. The Balaban J connectivity index is 1.91. The molecule has 5 nitrogen and oxygen atoms in total. The van der Waals surface area contributed by atoms with Crippen molar-refractivity contribution >= 4 is 11.9 Å². The summed E-state index contributed by atoms with van der Waals surface area (Å²) in [6.45, 7) is -0.165. The van der Waals surface area contributed by atoms with Crippen LogP contribution in [0.3, 0.4) is 0 Å². The second-order valence-corrected chi connectivity index (χ2v) is 3.04. The number of hydrogen-bond donors (Lipinski definition) is 2. The van der Waals surface area contributed by atoms with Crippen LogP contribution in [0.2, 0.25) is 0 Å². The van der Waals surface area contributed by atoms with Crippen molar-refractivity contribution < 1.29 is 19.4 Å². The topological polar surface area (TPSA) is 75.6 Å². The summed E-state index contributed by atoms with van der Waals surface area (Å²) in [6.07, 6.45) is 2.35. The van der Waals surface area contributed by atoms with E-state index in [0.29, 0.717) is 6.04 Å². The van der Waals surface area contributed by atoms with Gasteiger partial charge in [0.05, 0.1) is 6.61 Å². The minimum absolute atomic E-state index is 0.0621. The molecule has 1 aliphatic rings. The average Bonchev–Trinajstić information content (AvgIpc) is 2.81. The molecule has 0 aromatic heterocycles. The Morgan fingerprint density at radius 2 is 2.15 bits per heavy atom. The van der Waals surface area contributed by atoms with Gasteiger partial charge in [0, 0.05) is 12.5 Å². The number of amides is 1. The first kappa shape index (κ1) is 9.98.